The Balaban J connectivity index is 1.80. The summed E-state index contributed by atoms with van der Waals surface area (Å²) >= 11 is 6.32. The fraction of sp³-hybridized carbons (Fsp3) is 0.211. The Kier molecular flexibility index (Phi) is 4.14. The van der Waals surface area contributed by atoms with Crippen molar-refractivity contribution in [3.63, 3.8) is 0 Å². The number of rotatable bonds is 3. The van der Waals surface area contributed by atoms with Crippen LogP contribution in [0.3, 0.4) is 0 Å². The van der Waals surface area contributed by atoms with Gasteiger partial charge in [-0.25, -0.2) is 14.4 Å². The molecule has 1 amide bonds. The van der Waals surface area contributed by atoms with Gasteiger partial charge < -0.3 is 24.8 Å². The van der Waals surface area contributed by atoms with Crippen LogP contribution in [-0.2, 0) is 4.74 Å². The molecule has 0 saturated carbocycles. The summed E-state index contributed by atoms with van der Waals surface area (Å²) in [6.07, 6.45) is 4.75. The van der Waals surface area contributed by atoms with Crippen LogP contribution in [0.4, 0.5) is 10.2 Å². The highest BCUT2D eigenvalue weighted by atomic mass is 35.5. The van der Waals surface area contributed by atoms with Gasteiger partial charge in [0.15, 0.2) is 11.5 Å². The van der Waals surface area contributed by atoms with E-state index in [1.54, 1.807) is 22.9 Å². The zero-order chi connectivity index (χ0) is 20.1. The van der Waals surface area contributed by atoms with Crippen molar-refractivity contribution in [2.24, 2.45) is 5.73 Å². The lowest BCUT2D eigenvalue weighted by Crippen LogP contribution is -2.37. The second-order valence-corrected chi connectivity index (χ2v) is 7.16. The molecule has 0 spiro atoms. The summed E-state index contributed by atoms with van der Waals surface area (Å²) in [5.74, 6) is -0.569. The first-order valence-corrected chi connectivity index (χ1v) is 9.38. The number of hydrogen-bond donors (Lipinski definition) is 2. The number of nitrogens with two attached hydrogens (primary N) is 1. The molecular formula is C19H16ClFN6O2. The van der Waals surface area contributed by atoms with Crippen LogP contribution in [0.15, 0.2) is 30.7 Å². The van der Waals surface area contributed by atoms with Gasteiger partial charge in [0.1, 0.15) is 11.5 Å². The van der Waals surface area contributed by atoms with E-state index in [4.69, 9.17) is 27.1 Å². The number of carbonyl (C=O) groups is 1. The molecule has 0 aliphatic carbocycles. The first-order valence-electron chi connectivity index (χ1n) is 9.00. The maximum absolute atomic E-state index is 14.9. The lowest BCUT2D eigenvalue weighted by Gasteiger charge is -2.28. The third kappa shape index (κ3) is 2.90. The van der Waals surface area contributed by atoms with Crippen LogP contribution in [-0.4, -0.2) is 51.6 Å². The molecule has 4 heterocycles. The minimum atomic E-state index is -0.648. The summed E-state index contributed by atoms with van der Waals surface area (Å²) in [6, 6.07) is 3.00. The molecule has 3 N–H and O–H groups in total. The third-order valence-electron chi connectivity index (χ3n) is 4.99. The van der Waals surface area contributed by atoms with Gasteiger partial charge in [-0.2, -0.15) is 0 Å². The van der Waals surface area contributed by atoms with Gasteiger partial charge in [-0.15, -0.1) is 0 Å². The van der Waals surface area contributed by atoms with E-state index in [0.717, 1.165) is 0 Å². The smallest absolute Gasteiger partial charge is 0.268 e. The number of ether oxygens (including phenoxy) is 1. The maximum atomic E-state index is 14.9. The number of aromatic nitrogens is 4. The Morgan fingerprint density at radius 3 is 2.79 bits per heavy atom. The van der Waals surface area contributed by atoms with Crippen LogP contribution in [0.2, 0.25) is 5.02 Å². The van der Waals surface area contributed by atoms with E-state index < -0.39 is 11.7 Å². The SMILES string of the molecule is NC(=O)c1cn2cc(-c3c(F)ccc4[nH]cc(Cl)c34)nc(N3CCOCC3)c2n1. The first-order chi connectivity index (χ1) is 14.0. The summed E-state index contributed by atoms with van der Waals surface area (Å²) < 4.78 is 22.0. The number of halogens is 2. The molecule has 148 valence electrons. The number of benzene rings is 1. The molecule has 1 aromatic carbocycles. The van der Waals surface area contributed by atoms with Crippen molar-refractivity contribution in [1.29, 1.82) is 0 Å². The molecule has 29 heavy (non-hydrogen) atoms. The van der Waals surface area contributed by atoms with Gasteiger partial charge in [0, 0.05) is 48.1 Å². The van der Waals surface area contributed by atoms with Gasteiger partial charge in [0.2, 0.25) is 0 Å². The van der Waals surface area contributed by atoms with Gasteiger partial charge >= 0.3 is 0 Å². The fourth-order valence-electron chi connectivity index (χ4n) is 3.62. The Bertz CT molecular complexity index is 1260. The van der Waals surface area contributed by atoms with Crippen molar-refractivity contribution in [3.05, 3.63) is 47.3 Å². The second kappa shape index (κ2) is 6.71. The number of nitrogens with one attached hydrogen (secondary N) is 1. The molecule has 1 aliphatic heterocycles. The predicted molar refractivity (Wildman–Crippen MR) is 107 cm³/mol. The number of aromatic amines is 1. The van der Waals surface area contributed by atoms with Gasteiger partial charge in [-0.05, 0) is 12.1 Å². The molecule has 3 aromatic heterocycles. The molecule has 0 bridgehead atoms. The second-order valence-electron chi connectivity index (χ2n) is 6.75. The number of H-pyrrole nitrogens is 1. The number of hydrogen-bond acceptors (Lipinski definition) is 5. The summed E-state index contributed by atoms with van der Waals surface area (Å²) in [6.45, 7) is 2.27. The monoisotopic (exact) mass is 414 g/mol. The average molecular weight is 415 g/mol. The van der Waals surface area contributed by atoms with E-state index in [0.29, 0.717) is 59.4 Å². The van der Waals surface area contributed by atoms with Crippen molar-refractivity contribution in [2.45, 2.75) is 0 Å². The van der Waals surface area contributed by atoms with Crippen molar-refractivity contribution in [1.82, 2.24) is 19.4 Å². The average Bonchev–Trinajstić information content (AvgIpc) is 3.32. The first kappa shape index (κ1) is 17.9. The number of morpholine rings is 1. The maximum Gasteiger partial charge on any atom is 0.268 e. The number of nitrogens with zero attached hydrogens (tertiary/aromatic N) is 4. The Labute approximate surface area is 169 Å². The topological polar surface area (TPSA) is 102 Å². The Morgan fingerprint density at radius 2 is 2.03 bits per heavy atom. The minimum absolute atomic E-state index is 0.108. The van der Waals surface area contributed by atoms with Gasteiger partial charge in [0.25, 0.3) is 5.91 Å². The Hall–Kier alpha value is -3.17. The van der Waals surface area contributed by atoms with Crippen LogP contribution >= 0.6 is 11.6 Å². The Morgan fingerprint density at radius 1 is 1.24 bits per heavy atom. The molecule has 1 aliphatic rings. The van der Waals surface area contributed by atoms with E-state index in [9.17, 15) is 9.18 Å². The summed E-state index contributed by atoms with van der Waals surface area (Å²) in [5.41, 5.74) is 7.34. The number of anilines is 1. The predicted octanol–water partition coefficient (Wildman–Crippen LogP) is 2.61. The molecule has 1 fully saturated rings. The van der Waals surface area contributed by atoms with E-state index in [1.807, 2.05) is 4.90 Å². The molecule has 1 saturated heterocycles. The summed E-state index contributed by atoms with van der Waals surface area (Å²) in [7, 11) is 0. The van der Waals surface area contributed by atoms with Crippen molar-refractivity contribution in [2.75, 3.05) is 31.2 Å². The van der Waals surface area contributed by atoms with Crippen molar-refractivity contribution < 1.29 is 13.9 Å². The number of primary amides is 1. The molecule has 0 radical (unpaired) electrons. The third-order valence-corrected chi connectivity index (χ3v) is 5.29. The molecule has 0 unspecified atom stereocenters. The lowest BCUT2D eigenvalue weighted by molar-refractivity contribution is 0.0996. The highest BCUT2D eigenvalue weighted by molar-refractivity contribution is 6.36. The van der Waals surface area contributed by atoms with Gasteiger partial charge in [-0.1, -0.05) is 11.6 Å². The molecule has 10 heteroatoms. The highest BCUT2D eigenvalue weighted by Gasteiger charge is 2.23. The zero-order valence-electron chi connectivity index (χ0n) is 15.2. The molecular weight excluding hydrogens is 399 g/mol. The number of amides is 1. The van der Waals surface area contributed by atoms with E-state index in [1.165, 1.54) is 12.3 Å². The fourth-order valence-corrected chi connectivity index (χ4v) is 3.87. The van der Waals surface area contributed by atoms with Crippen LogP contribution in [0.1, 0.15) is 10.5 Å². The quantitative estimate of drug-likeness (QED) is 0.536. The van der Waals surface area contributed by atoms with Gasteiger partial charge in [0.05, 0.1) is 23.9 Å². The number of fused-ring (bicyclic) bond motifs is 2. The lowest BCUT2D eigenvalue weighted by atomic mass is 10.1. The largest absolute Gasteiger partial charge is 0.378 e. The zero-order valence-corrected chi connectivity index (χ0v) is 15.9. The number of imidazole rings is 1. The van der Waals surface area contributed by atoms with Gasteiger partial charge in [-0.3, -0.25) is 4.79 Å². The van der Waals surface area contributed by atoms with E-state index >= 15 is 0 Å². The standard InChI is InChI=1S/C19H16ClFN6O2/c20-10-7-23-12-2-1-11(21)16(15(10)12)13-8-27-9-14(17(22)28)25-19(27)18(24-13)26-3-5-29-6-4-26/h1-2,7-9,23H,3-6H2,(H2,22,28). The highest BCUT2D eigenvalue weighted by Crippen LogP contribution is 2.36. The molecule has 4 aromatic rings. The minimum Gasteiger partial charge on any atom is -0.378 e. The van der Waals surface area contributed by atoms with E-state index in [2.05, 4.69) is 9.97 Å². The molecule has 5 rings (SSSR count). The van der Waals surface area contributed by atoms with E-state index in [-0.39, 0.29) is 11.3 Å². The van der Waals surface area contributed by atoms with Crippen LogP contribution < -0.4 is 10.6 Å². The summed E-state index contributed by atoms with van der Waals surface area (Å²) in [5, 5.41) is 0.939. The van der Waals surface area contributed by atoms with Crippen LogP contribution in [0.25, 0.3) is 27.8 Å². The molecule has 8 nitrogen and oxygen atoms in total. The van der Waals surface area contributed by atoms with Crippen molar-refractivity contribution in [3.8, 4) is 11.3 Å². The molecule has 0 atom stereocenters. The number of carbonyl (C=O) groups excluding carboxylic acids is 1. The normalized spacial score (nSPS) is 14.8. The van der Waals surface area contributed by atoms with Crippen LogP contribution in [0, 0.1) is 5.82 Å². The summed E-state index contributed by atoms with van der Waals surface area (Å²) in [4.78, 5) is 25.7. The van der Waals surface area contributed by atoms with Crippen molar-refractivity contribution >= 4 is 39.9 Å². The van der Waals surface area contributed by atoms with Crippen LogP contribution in [0.5, 0.6) is 0 Å².